The first-order chi connectivity index (χ1) is 13.9. The summed E-state index contributed by atoms with van der Waals surface area (Å²) >= 11 is 9.46. The van der Waals surface area contributed by atoms with Crippen molar-refractivity contribution in [3.05, 3.63) is 75.6 Å². The van der Waals surface area contributed by atoms with Crippen molar-refractivity contribution in [3.63, 3.8) is 0 Å². The second-order valence-corrected chi connectivity index (χ2v) is 7.71. The number of amides is 2. The van der Waals surface area contributed by atoms with Crippen molar-refractivity contribution < 1.29 is 18.7 Å². The summed E-state index contributed by atoms with van der Waals surface area (Å²) in [5.74, 6) is 0.145. The van der Waals surface area contributed by atoms with E-state index in [1.54, 1.807) is 48.2 Å². The number of rotatable bonds is 4. The molecule has 1 aromatic heterocycles. The van der Waals surface area contributed by atoms with Gasteiger partial charge in [-0.15, -0.1) is 0 Å². The zero-order valence-corrected chi connectivity index (χ0v) is 17.7. The number of hydrogen-bond acceptors (Lipinski definition) is 4. The Bertz CT molecular complexity index is 1100. The lowest BCUT2D eigenvalue weighted by Gasteiger charge is -2.33. The summed E-state index contributed by atoms with van der Waals surface area (Å²) in [4.78, 5) is 26.8. The van der Waals surface area contributed by atoms with E-state index in [2.05, 4.69) is 21.2 Å². The highest BCUT2D eigenvalue weighted by molar-refractivity contribution is 9.10. The zero-order valence-electron chi connectivity index (χ0n) is 15.3. The quantitative estimate of drug-likeness (QED) is 0.558. The van der Waals surface area contributed by atoms with Crippen LogP contribution in [0.2, 0.25) is 5.02 Å². The molecule has 4 rings (SSSR count). The van der Waals surface area contributed by atoms with Crippen LogP contribution >= 0.6 is 27.5 Å². The van der Waals surface area contributed by atoms with Gasteiger partial charge in [0.15, 0.2) is 16.5 Å². The van der Waals surface area contributed by atoms with Gasteiger partial charge in [0.1, 0.15) is 5.75 Å². The number of hydrogen-bond donors (Lipinski definition) is 1. The average Bonchev–Trinajstić information content (AvgIpc) is 3.14. The van der Waals surface area contributed by atoms with Gasteiger partial charge < -0.3 is 19.4 Å². The van der Waals surface area contributed by atoms with Gasteiger partial charge in [-0.2, -0.15) is 0 Å². The molecule has 3 aromatic rings. The van der Waals surface area contributed by atoms with Crippen molar-refractivity contribution in [2.45, 2.75) is 19.6 Å². The molecule has 8 heteroatoms. The number of carbonyl (C=O) groups is 2. The van der Waals surface area contributed by atoms with E-state index in [1.165, 1.54) is 0 Å². The molecule has 2 amide bonds. The smallest absolute Gasteiger partial charge is 0.291 e. The van der Waals surface area contributed by atoms with E-state index in [9.17, 15) is 9.59 Å². The zero-order chi connectivity index (χ0) is 20.5. The molecule has 0 fully saturated rings. The van der Waals surface area contributed by atoms with Crippen LogP contribution in [0.4, 0.5) is 11.4 Å². The predicted octanol–water partition coefficient (Wildman–Crippen LogP) is 5.26. The largest absolute Gasteiger partial charge is 0.479 e. The van der Waals surface area contributed by atoms with E-state index >= 15 is 0 Å². The van der Waals surface area contributed by atoms with Crippen LogP contribution in [0.25, 0.3) is 0 Å². The monoisotopic (exact) mass is 474 g/mol. The second kappa shape index (κ2) is 7.93. The third-order valence-corrected chi connectivity index (χ3v) is 5.30. The first-order valence-electron chi connectivity index (χ1n) is 8.84. The van der Waals surface area contributed by atoms with E-state index in [0.717, 1.165) is 5.56 Å². The molecule has 0 saturated heterocycles. The molecule has 1 aliphatic heterocycles. The molecule has 1 aliphatic rings. The number of nitrogens with one attached hydrogen (secondary N) is 1. The summed E-state index contributed by atoms with van der Waals surface area (Å²) in [5, 5.41) is 3.35. The van der Waals surface area contributed by atoms with E-state index in [4.69, 9.17) is 20.8 Å². The van der Waals surface area contributed by atoms with Crippen molar-refractivity contribution in [1.29, 1.82) is 0 Å². The van der Waals surface area contributed by atoms with Crippen molar-refractivity contribution in [1.82, 2.24) is 0 Å². The summed E-state index contributed by atoms with van der Waals surface area (Å²) < 4.78 is 11.5. The number of ether oxygens (including phenoxy) is 1. The number of nitrogens with zero attached hydrogens (tertiary/aromatic N) is 1. The first kappa shape index (κ1) is 19.5. The maximum atomic E-state index is 12.8. The normalized spacial score (nSPS) is 15.6. The Balaban J connectivity index is 1.65. The number of halogens is 2. The molecule has 29 heavy (non-hydrogen) atoms. The molecule has 1 atom stereocenters. The Hall–Kier alpha value is -2.77. The standard InChI is InChI=1S/C21H16BrClN2O4/c1-12-21(27)25(11-13-4-2-3-5-15(13)23)16-10-14(6-7-17(16)28-12)24-20(26)18-8-9-19(22)29-18/h2-10,12H,11H2,1H3,(H,24,26). The molecule has 0 saturated carbocycles. The highest BCUT2D eigenvalue weighted by Crippen LogP contribution is 2.38. The van der Waals surface area contributed by atoms with Gasteiger partial charge in [-0.05, 0) is 64.8 Å². The number of carbonyl (C=O) groups excluding carboxylic acids is 2. The lowest BCUT2D eigenvalue weighted by atomic mass is 10.1. The lowest BCUT2D eigenvalue weighted by molar-refractivity contribution is -0.125. The van der Waals surface area contributed by atoms with Gasteiger partial charge in [0.2, 0.25) is 0 Å². The fraction of sp³-hybridized carbons (Fsp3) is 0.143. The second-order valence-electron chi connectivity index (χ2n) is 6.52. The van der Waals surface area contributed by atoms with Crippen molar-refractivity contribution >= 4 is 50.7 Å². The third kappa shape index (κ3) is 4.02. The summed E-state index contributed by atoms with van der Waals surface area (Å²) in [5.41, 5.74) is 1.89. The minimum Gasteiger partial charge on any atom is -0.479 e. The Kier molecular flexibility index (Phi) is 5.34. The van der Waals surface area contributed by atoms with Gasteiger partial charge in [-0.25, -0.2) is 0 Å². The van der Waals surface area contributed by atoms with E-state index < -0.39 is 12.0 Å². The summed E-state index contributed by atoms with van der Waals surface area (Å²) in [6.07, 6.45) is -0.620. The molecular weight excluding hydrogens is 460 g/mol. The minimum atomic E-state index is -0.620. The van der Waals surface area contributed by atoms with Crippen molar-refractivity contribution in [3.8, 4) is 5.75 Å². The Morgan fingerprint density at radius 2 is 2.00 bits per heavy atom. The summed E-state index contributed by atoms with van der Waals surface area (Å²) in [6, 6.07) is 15.7. The van der Waals surface area contributed by atoms with Crippen LogP contribution < -0.4 is 15.0 Å². The molecule has 0 aliphatic carbocycles. The van der Waals surface area contributed by atoms with Gasteiger partial charge >= 0.3 is 0 Å². The molecule has 0 spiro atoms. The Morgan fingerprint density at radius 3 is 2.72 bits per heavy atom. The van der Waals surface area contributed by atoms with Crippen LogP contribution in [-0.4, -0.2) is 17.9 Å². The molecule has 1 N–H and O–H groups in total. The maximum absolute atomic E-state index is 12.8. The van der Waals surface area contributed by atoms with E-state index in [1.807, 2.05) is 18.2 Å². The van der Waals surface area contributed by atoms with Crippen LogP contribution in [-0.2, 0) is 11.3 Å². The van der Waals surface area contributed by atoms with Crippen LogP contribution in [0, 0.1) is 0 Å². The van der Waals surface area contributed by atoms with Gasteiger partial charge in [0, 0.05) is 10.7 Å². The molecule has 2 heterocycles. The third-order valence-electron chi connectivity index (χ3n) is 4.51. The molecule has 148 valence electrons. The molecule has 0 radical (unpaired) electrons. The topological polar surface area (TPSA) is 71.8 Å². The summed E-state index contributed by atoms with van der Waals surface area (Å²) in [6.45, 7) is 2.00. The Labute approximate surface area is 180 Å². The maximum Gasteiger partial charge on any atom is 0.291 e. The number of fused-ring (bicyclic) bond motifs is 1. The van der Waals surface area contributed by atoms with Crippen LogP contribution in [0.1, 0.15) is 23.0 Å². The van der Waals surface area contributed by atoms with E-state index in [0.29, 0.717) is 33.4 Å². The van der Waals surface area contributed by atoms with E-state index in [-0.39, 0.29) is 11.7 Å². The highest BCUT2D eigenvalue weighted by atomic mass is 79.9. The minimum absolute atomic E-state index is 0.170. The molecule has 6 nitrogen and oxygen atoms in total. The van der Waals surface area contributed by atoms with Crippen molar-refractivity contribution in [2.75, 3.05) is 10.2 Å². The van der Waals surface area contributed by atoms with Gasteiger partial charge in [-0.3, -0.25) is 9.59 Å². The average molecular weight is 476 g/mol. The van der Waals surface area contributed by atoms with Crippen molar-refractivity contribution in [2.24, 2.45) is 0 Å². The molecule has 1 unspecified atom stereocenters. The van der Waals surface area contributed by atoms with Crippen LogP contribution in [0.15, 0.2) is 63.7 Å². The number of furan rings is 1. The molecular formula is C21H16BrClN2O4. The number of anilines is 2. The Morgan fingerprint density at radius 1 is 1.21 bits per heavy atom. The lowest BCUT2D eigenvalue weighted by Crippen LogP contribution is -2.44. The van der Waals surface area contributed by atoms with Gasteiger partial charge in [-0.1, -0.05) is 29.8 Å². The molecule has 2 aromatic carbocycles. The predicted molar refractivity (Wildman–Crippen MR) is 114 cm³/mol. The summed E-state index contributed by atoms with van der Waals surface area (Å²) in [7, 11) is 0. The SMILES string of the molecule is CC1Oc2ccc(NC(=O)c3ccc(Br)o3)cc2N(Cc2ccccc2Cl)C1=O. The van der Waals surface area contributed by atoms with Gasteiger partial charge in [0.25, 0.3) is 11.8 Å². The van der Waals surface area contributed by atoms with Crippen LogP contribution in [0.3, 0.4) is 0 Å². The van der Waals surface area contributed by atoms with Crippen LogP contribution in [0.5, 0.6) is 5.75 Å². The first-order valence-corrected chi connectivity index (χ1v) is 10.0. The fourth-order valence-corrected chi connectivity index (χ4v) is 3.58. The molecule has 0 bridgehead atoms. The number of benzene rings is 2. The highest BCUT2D eigenvalue weighted by Gasteiger charge is 2.32. The van der Waals surface area contributed by atoms with Gasteiger partial charge in [0.05, 0.1) is 12.2 Å². The fourth-order valence-electron chi connectivity index (χ4n) is 3.07.